The fourth-order valence-electron chi connectivity index (χ4n) is 3.78. The zero-order valence-electron chi connectivity index (χ0n) is 14.4. The summed E-state index contributed by atoms with van der Waals surface area (Å²) in [6.07, 6.45) is 4.72. The highest BCUT2D eigenvalue weighted by molar-refractivity contribution is 7.15. The number of nitrogens with two attached hydrogens (primary N) is 1. The van der Waals surface area contributed by atoms with Crippen molar-refractivity contribution in [2.45, 2.75) is 25.8 Å². The van der Waals surface area contributed by atoms with Gasteiger partial charge < -0.3 is 5.73 Å². The molecule has 4 rings (SSSR count). The summed E-state index contributed by atoms with van der Waals surface area (Å²) < 4.78 is 2.17. The van der Waals surface area contributed by atoms with Crippen LogP contribution in [0.3, 0.4) is 0 Å². The Balaban J connectivity index is 1.63. The summed E-state index contributed by atoms with van der Waals surface area (Å²) in [5.74, 6) is 0.148. The lowest BCUT2D eigenvalue weighted by Crippen LogP contribution is -2.36. The Labute approximate surface area is 161 Å². The number of thiazole rings is 1. The lowest BCUT2D eigenvalue weighted by molar-refractivity contribution is -0.119. The Morgan fingerprint density at radius 1 is 1.35 bits per heavy atom. The van der Waals surface area contributed by atoms with E-state index >= 15 is 0 Å². The van der Waals surface area contributed by atoms with Gasteiger partial charge in [0, 0.05) is 41.7 Å². The van der Waals surface area contributed by atoms with Gasteiger partial charge in [0.1, 0.15) is 0 Å². The maximum atomic E-state index is 11.3. The zero-order valence-corrected chi connectivity index (χ0v) is 16.0. The van der Waals surface area contributed by atoms with Crippen LogP contribution in [0.25, 0.3) is 16.2 Å². The Bertz CT molecular complexity index is 917. The Kier molecular flexibility index (Phi) is 4.98. The first-order valence-corrected chi connectivity index (χ1v) is 10.1. The van der Waals surface area contributed by atoms with E-state index in [1.165, 1.54) is 5.69 Å². The molecule has 1 fully saturated rings. The van der Waals surface area contributed by atoms with Gasteiger partial charge >= 0.3 is 0 Å². The predicted octanol–water partition coefficient (Wildman–Crippen LogP) is 3.80. The highest BCUT2D eigenvalue weighted by Crippen LogP contribution is 2.30. The first-order valence-electron chi connectivity index (χ1n) is 8.81. The van der Waals surface area contributed by atoms with Gasteiger partial charge in [0.15, 0.2) is 4.96 Å². The van der Waals surface area contributed by atoms with Gasteiger partial charge in [0.05, 0.1) is 11.4 Å². The minimum Gasteiger partial charge on any atom is -0.370 e. The minimum atomic E-state index is -0.205. The predicted molar refractivity (Wildman–Crippen MR) is 105 cm³/mol. The van der Waals surface area contributed by atoms with Gasteiger partial charge in [-0.1, -0.05) is 23.7 Å². The molecule has 1 amide bonds. The number of carbonyl (C=O) groups is 1. The summed E-state index contributed by atoms with van der Waals surface area (Å²) >= 11 is 7.68. The number of aromatic nitrogens is 2. The van der Waals surface area contributed by atoms with Gasteiger partial charge in [0.2, 0.25) is 5.91 Å². The first-order chi connectivity index (χ1) is 12.6. The van der Waals surface area contributed by atoms with E-state index in [4.69, 9.17) is 22.3 Å². The van der Waals surface area contributed by atoms with E-state index in [2.05, 4.69) is 20.9 Å². The smallest absolute Gasteiger partial charge is 0.217 e. The van der Waals surface area contributed by atoms with Gasteiger partial charge in [-0.2, -0.15) is 0 Å². The van der Waals surface area contributed by atoms with Crippen molar-refractivity contribution in [3.63, 3.8) is 0 Å². The summed E-state index contributed by atoms with van der Waals surface area (Å²) in [5, 5.41) is 2.78. The van der Waals surface area contributed by atoms with Gasteiger partial charge in [-0.15, -0.1) is 11.3 Å². The number of fused-ring (bicyclic) bond motifs is 1. The summed E-state index contributed by atoms with van der Waals surface area (Å²) in [6, 6.07) is 7.84. The summed E-state index contributed by atoms with van der Waals surface area (Å²) in [6.45, 7) is 2.75. The molecule has 1 aliphatic heterocycles. The number of benzene rings is 1. The monoisotopic (exact) mass is 388 g/mol. The van der Waals surface area contributed by atoms with Crippen LogP contribution >= 0.6 is 22.9 Å². The first kappa shape index (κ1) is 17.5. The molecule has 0 saturated carbocycles. The third-order valence-electron chi connectivity index (χ3n) is 4.95. The number of amides is 1. The lowest BCUT2D eigenvalue weighted by atomic mass is 9.94. The van der Waals surface area contributed by atoms with Crippen molar-refractivity contribution < 1.29 is 4.79 Å². The summed E-state index contributed by atoms with van der Waals surface area (Å²) in [7, 11) is 0. The normalized spacial score (nSPS) is 18.4. The molecule has 2 N–H and O–H groups in total. The molecule has 2 aromatic heterocycles. The molecule has 3 aromatic rings. The Morgan fingerprint density at radius 2 is 2.15 bits per heavy atom. The van der Waals surface area contributed by atoms with Crippen LogP contribution in [0, 0.1) is 5.92 Å². The molecule has 0 bridgehead atoms. The molecule has 1 unspecified atom stereocenters. The van der Waals surface area contributed by atoms with Crippen molar-refractivity contribution in [2.24, 2.45) is 11.7 Å². The highest BCUT2D eigenvalue weighted by atomic mass is 35.5. The number of imidazole rings is 1. The molecule has 1 aromatic carbocycles. The molecule has 5 nitrogen and oxygen atoms in total. The van der Waals surface area contributed by atoms with Crippen LogP contribution < -0.4 is 5.73 Å². The van der Waals surface area contributed by atoms with Crippen LogP contribution in [-0.4, -0.2) is 33.3 Å². The standard InChI is InChI=1S/C19H21ClN4OS/c20-15-5-3-14(4-6-15)18-16(24-8-9-26-19(24)22-18)12-23-7-1-2-13(11-23)10-17(21)25/h3-6,8-9,13H,1-2,7,10-12H2,(H2,21,25). The molecule has 1 saturated heterocycles. The van der Waals surface area contributed by atoms with Gasteiger partial charge in [-0.25, -0.2) is 4.98 Å². The second-order valence-corrected chi connectivity index (χ2v) is 8.19. The van der Waals surface area contributed by atoms with Crippen LogP contribution in [0.5, 0.6) is 0 Å². The highest BCUT2D eigenvalue weighted by Gasteiger charge is 2.24. The van der Waals surface area contributed by atoms with Gasteiger partial charge in [0.25, 0.3) is 0 Å². The number of rotatable bonds is 5. The number of hydrogen-bond acceptors (Lipinski definition) is 4. The van der Waals surface area contributed by atoms with Crippen molar-refractivity contribution >= 4 is 33.8 Å². The van der Waals surface area contributed by atoms with Gasteiger partial charge in [-0.05, 0) is 37.4 Å². The Morgan fingerprint density at radius 3 is 2.92 bits per heavy atom. The second-order valence-electron chi connectivity index (χ2n) is 6.88. The van der Waals surface area contributed by atoms with Crippen LogP contribution in [0.15, 0.2) is 35.8 Å². The fraction of sp³-hybridized carbons (Fsp3) is 0.368. The molecule has 7 heteroatoms. The third kappa shape index (κ3) is 3.63. The average Bonchev–Trinajstić information content (AvgIpc) is 3.18. The van der Waals surface area contributed by atoms with Gasteiger partial charge in [-0.3, -0.25) is 14.1 Å². The van der Waals surface area contributed by atoms with Crippen LogP contribution in [0.1, 0.15) is 25.0 Å². The minimum absolute atomic E-state index is 0.205. The zero-order chi connectivity index (χ0) is 18.1. The van der Waals surface area contributed by atoms with E-state index < -0.39 is 0 Å². The van der Waals surface area contributed by atoms with Crippen molar-refractivity contribution in [1.82, 2.24) is 14.3 Å². The van der Waals surface area contributed by atoms with E-state index in [-0.39, 0.29) is 5.91 Å². The SMILES string of the molecule is NC(=O)CC1CCCN(Cc2c(-c3ccc(Cl)cc3)nc3sccn23)C1. The molecule has 26 heavy (non-hydrogen) atoms. The number of nitrogens with zero attached hydrogens (tertiary/aromatic N) is 3. The van der Waals surface area contributed by atoms with E-state index in [0.29, 0.717) is 12.3 Å². The molecule has 0 radical (unpaired) electrons. The molecule has 1 aliphatic rings. The average molecular weight is 389 g/mol. The molecular formula is C19H21ClN4OS. The largest absolute Gasteiger partial charge is 0.370 e. The number of hydrogen-bond donors (Lipinski definition) is 1. The lowest BCUT2D eigenvalue weighted by Gasteiger charge is -2.32. The Hall–Kier alpha value is -1.89. The maximum Gasteiger partial charge on any atom is 0.217 e. The van der Waals surface area contributed by atoms with Crippen molar-refractivity contribution in [2.75, 3.05) is 13.1 Å². The number of halogens is 1. The topological polar surface area (TPSA) is 63.6 Å². The molecule has 0 aliphatic carbocycles. The van der Waals surface area contributed by atoms with Crippen LogP contribution in [0.4, 0.5) is 0 Å². The van der Waals surface area contributed by atoms with Crippen molar-refractivity contribution in [3.8, 4) is 11.3 Å². The molecule has 136 valence electrons. The molecule has 3 heterocycles. The second kappa shape index (κ2) is 7.39. The van der Waals surface area contributed by atoms with Crippen molar-refractivity contribution in [1.29, 1.82) is 0 Å². The van der Waals surface area contributed by atoms with E-state index in [1.54, 1.807) is 11.3 Å². The van der Waals surface area contributed by atoms with Crippen LogP contribution in [-0.2, 0) is 11.3 Å². The maximum absolute atomic E-state index is 11.3. The molecule has 0 spiro atoms. The molecular weight excluding hydrogens is 368 g/mol. The van der Waals surface area contributed by atoms with Crippen molar-refractivity contribution in [3.05, 3.63) is 46.6 Å². The van der Waals surface area contributed by atoms with E-state index in [9.17, 15) is 4.79 Å². The number of piperidine rings is 1. The number of primary amides is 1. The number of likely N-dealkylation sites (tertiary alicyclic amines) is 1. The third-order valence-corrected chi connectivity index (χ3v) is 5.95. The van der Waals surface area contributed by atoms with Crippen LogP contribution in [0.2, 0.25) is 5.02 Å². The fourth-order valence-corrected chi connectivity index (χ4v) is 4.64. The quantitative estimate of drug-likeness (QED) is 0.722. The summed E-state index contributed by atoms with van der Waals surface area (Å²) in [4.78, 5) is 19.5. The number of carbonyl (C=O) groups excluding carboxylic acids is 1. The molecule has 1 atom stereocenters. The van der Waals surface area contributed by atoms with E-state index in [0.717, 1.165) is 53.7 Å². The summed E-state index contributed by atoms with van der Waals surface area (Å²) in [5.41, 5.74) is 8.66. The van der Waals surface area contributed by atoms with E-state index in [1.807, 2.05) is 24.3 Å².